The Morgan fingerprint density at radius 1 is 0.356 bits per heavy atom. The van der Waals surface area contributed by atoms with Gasteiger partial charge in [-0.05, 0) is 22.3 Å². The van der Waals surface area contributed by atoms with Crippen molar-refractivity contribution in [3.8, 4) is 0 Å². The van der Waals surface area contributed by atoms with Crippen molar-refractivity contribution in [2.45, 2.75) is 29.2 Å². The van der Waals surface area contributed by atoms with Gasteiger partial charge in [0, 0.05) is 11.1 Å². The molecule has 45 heavy (non-hydrogen) atoms. The van der Waals surface area contributed by atoms with E-state index in [1.807, 2.05) is 182 Å². The number of hydrogen-bond acceptors (Lipinski definition) is 4. The molecular weight excluding hydrogens is 556 g/mol. The molecule has 6 aromatic rings. The summed E-state index contributed by atoms with van der Waals surface area (Å²) in [6.07, 6.45) is -2.21. The van der Waals surface area contributed by atoms with Gasteiger partial charge in [-0.15, -0.1) is 0 Å². The van der Waals surface area contributed by atoms with Crippen molar-refractivity contribution in [1.82, 2.24) is 0 Å². The Hall–Kier alpha value is -4.84. The molecule has 2 unspecified atom stereocenters. The molecule has 0 spiro atoms. The first kappa shape index (κ1) is 28.9. The minimum atomic E-state index is -1.74. The van der Waals surface area contributed by atoms with Crippen LogP contribution in [0.3, 0.4) is 0 Å². The quantitative estimate of drug-likeness (QED) is 0.192. The number of rotatable bonds is 8. The van der Waals surface area contributed by atoms with E-state index >= 15 is 0 Å². The molecule has 2 N–H and O–H groups in total. The van der Waals surface area contributed by atoms with Gasteiger partial charge in [-0.25, -0.2) is 0 Å². The van der Waals surface area contributed by atoms with Crippen LogP contribution in [0.4, 0.5) is 0 Å². The second-order valence-electron chi connectivity index (χ2n) is 11.4. The lowest BCUT2D eigenvalue weighted by molar-refractivity contribution is -0.176. The zero-order valence-corrected chi connectivity index (χ0v) is 24.7. The minimum absolute atomic E-state index is 0.621. The highest BCUT2D eigenvalue weighted by molar-refractivity contribution is 5.45. The van der Waals surface area contributed by atoms with Crippen molar-refractivity contribution in [3.63, 3.8) is 0 Å². The van der Waals surface area contributed by atoms with Crippen LogP contribution in [0.2, 0.25) is 0 Å². The van der Waals surface area contributed by atoms with Gasteiger partial charge in [0.1, 0.15) is 23.4 Å². The van der Waals surface area contributed by atoms with Crippen LogP contribution in [0, 0.1) is 0 Å². The van der Waals surface area contributed by atoms with Gasteiger partial charge in [0.05, 0.1) is 0 Å². The van der Waals surface area contributed by atoms with Crippen molar-refractivity contribution < 1.29 is 19.7 Å². The van der Waals surface area contributed by atoms with E-state index in [0.717, 1.165) is 11.1 Å². The van der Waals surface area contributed by atoms with E-state index < -0.39 is 29.2 Å². The predicted molar refractivity (Wildman–Crippen MR) is 175 cm³/mol. The minimum Gasteiger partial charge on any atom is -0.378 e. The Morgan fingerprint density at radius 2 is 0.578 bits per heavy atom. The molecule has 222 valence electrons. The number of hydrogen-bond donors (Lipinski definition) is 2. The zero-order chi connectivity index (χ0) is 30.7. The lowest BCUT2D eigenvalue weighted by Gasteiger charge is -2.42. The first-order valence-electron chi connectivity index (χ1n) is 15.2. The average molecular weight is 591 g/mol. The summed E-state index contributed by atoms with van der Waals surface area (Å²) < 4.78 is 14.5. The van der Waals surface area contributed by atoms with E-state index in [9.17, 15) is 10.2 Å². The van der Waals surface area contributed by atoms with Gasteiger partial charge in [0.25, 0.3) is 0 Å². The standard InChI is InChI=1S/C41H34O4/c42-39(31-19-7-1-8-20-31,32-21-9-2-10-22-32)37-38(40(43,33-23-11-3-12-24-33)34-25-13-4-14-26-34)45-41(44-37,35-27-15-5-16-28-35)36-29-17-6-18-30-36/h1-30,37-38,42-43H. The summed E-state index contributed by atoms with van der Waals surface area (Å²) in [5.41, 5.74) is 0.494. The Labute approximate surface area is 263 Å². The maximum atomic E-state index is 13.3. The average Bonchev–Trinajstić information content (AvgIpc) is 3.56. The van der Waals surface area contributed by atoms with Crippen LogP contribution in [0.15, 0.2) is 182 Å². The van der Waals surface area contributed by atoms with Crippen molar-refractivity contribution in [2.75, 3.05) is 0 Å². The van der Waals surface area contributed by atoms with E-state index in [4.69, 9.17) is 9.47 Å². The van der Waals surface area contributed by atoms with E-state index in [1.165, 1.54) is 0 Å². The van der Waals surface area contributed by atoms with Gasteiger partial charge < -0.3 is 19.7 Å². The molecule has 4 nitrogen and oxygen atoms in total. The molecule has 1 aliphatic heterocycles. The molecule has 0 aliphatic carbocycles. The smallest absolute Gasteiger partial charge is 0.223 e. The molecule has 4 heteroatoms. The van der Waals surface area contributed by atoms with Crippen molar-refractivity contribution in [2.24, 2.45) is 0 Å². The Morgan fingerprint density at radius 3 is 0.822 bits per heavy atom. The van der Waals surface area contributed by atoms with Crippen LogP contribution in [0.1, 0.15) is 33.4 Å². The number of ether oxygens (including phenoxy) is 2. The van der Waals surface area contributed by atoms with Gasteiger partial charge in [-0.1, -0.05) is 182 Å². The van der Waals surface area contributed by atoms with Gasteiger partial charge in [-0.3, -0.25) is 0 Å². The molecule has 0 saturated carbocycles. The molecule has 1 aliphatic rings. The summed E-state index contributed by atoms with van der Waals surface area (Å²) in [5, 5.41) is 26.6. The van der Waals surface area contributed by atoms with Crippen molar-refractivity contribution in [3.05, 3.63) is 215 Å². The Bertz CT molecular complexity index is 1590. The first-order chi connectivity index (χ1) is 22.1. The lowest BCUT2D eigenvalue weighted by atomic mass is 9.72. The third-order valence-corrected chi connectivity index (χ3v) is 8.85. The molecule has 0 bridgehead atoms. The van der Waals surface area contributed by atoms with Crippen molar-refractivity contribution >= 4 is 0 Å². The summed E-state index contributed by atoms with van der Waals surface area (Å²) in [6.45, 7) is 0. The molecule has 7 rings (SSSR count). The van der Waals surface area contributed by atoms with Crippen molar-refractivity contribution in [1.29, 1.82) is 0 Å². The van der Waals surface area contributed by atoms with Gasteiger partial charge in [0.2, 0.25) is 5.79 Å². The van der Waals surface area contributed by atoms with Gasteiger partial charge >= 0.3 is 0 Å². The number of aliphatic hydroxyl groups is 2. The first-order valence-corrected chi connectivity index (χ1v) is 15.2. The molecule has 1 heterocycles. The van der Waals surface area contributed by atoms with Crippen LogP contribution in [-0.2, 0) is 26.5 Å². The Kier molecular flexibility index (Phi) is 7.66. The van der Waals surface area contributed by atoms with Crippen LogP contribution < -0.4 is 0 Å². The monoisotopic (exact) mass is 590 g/mol. The summed E-state index contributed by atoms with van der Waals surface area (Å²) in [4.78, 5) is 0. The maximum Gasteiger partial charge on any atom is 0.223 e. The highest BCUT2D eigenvalue weighted by atomic mass is 16.8. The molecule has 2 atom stereocenters. The fraction of sp³-hybridized carbons (Fsp3) is 0.122. The summed E-state index contributed by atoms with van der Waals surface area (Å²) in [7, 11) is 0. The Balaban J connectivity index is 1.56. The van der Waals surface area contributed by atoms with Crippen LogP contribution in [0.25, 0.3) is 0 Å². The summed E-state index contributed by atoms with van der Waals surface area (Å²) >= 11 is 0. The predicted octanol–water partition coefficient (Wildman–Crippen LogP) is 7.54. The maximum absolute atomic E-state index is 13.3. The van der Waals surface area contributed by atoms with E-state index in [-0.39, 0.29) is 0 Å². The fourth-order valence-electron chi connectivity index (χ4n) is 6.63. The molecule has 0 radical (unpaired) electrons. The third kappa shape index (κ3) is 4.89. The largest absolute Gasteiger partial charge is 0.378 e. The van der Waals surface area contributed by atoms with E-state index in [1.54, 1.807) is 0 Å². The molecule has 1 fully saturated rings. The normalized spacial score (nSPS) is 18.0. The number of benzene rings is 6. The fourth-order valence-corrected chi connectivity index (χ4v) is 6.63. The summed E-state index contributed by atoms with van der Waals surface area (Å²) in [6, 6.07) is 57.5. The lowest BCUT2D eigenvalue weighted by Crippen LogP contribution is -2.54. The van der Waals surface area contributed by atoms with E-state index in [2.05, 4.69) is 0 Å². The zero-order valence-electron chi connectivity index (χ0n) is 24.7. The van der Waals surface area contributed by atoms with Crippen LogP contribution >= 0.6 is 0 Å². The van der Waals surface area contributed by atoms with Crippen LogP contribution in [-0.4, -0.2) is 22.4 Å². The SMILES string of the molecule is OC(c1ccccc1)(c1ccccc1)C1OC(c2ccccc2)(c2ccccc2)OC1C(O)(c1ccccc1)c1ccccc1. The summed E-state index contributed by atoms with van der Waals surface area (Å²) in [5.74, 6) is -1.47. The highest BCUT2D eigenvalue weighted by Gasteiger charge is 2.64. The topological polar surface area (TPSA) is 58.9 Å². The molecule has 0 amide bonds. The molecule has 1 saturated heterocycles. The van der Waals surface area contributed by atoms with Gasteiger partial charge in [0.15, 0.2) is 0 Å². The third-order valence-electron chi connectivity index (χ3n) is 8.85. The second-order valence-corrected chi connectivity index (χ2v) is 11.4. The molecule has 0 aromatic heterocycles. The molecular formula is C41H34O4. The van der Waals surface area contributed by atoms with Gasteiger partial charge in [-0.2, -0.15) is 0 Å². The second kappa shape index (κ2) is 11.9. The van der Waals surface area contributed by atoms with Crippen LogP contribution in [0.5, 0.6) is 0 Å². The highest BCUT2D eigenvalue weighted by Crippen LogP contribution is 2.55. The molecule has 6 aromatic carbocycles. The van der Waals surface area contributed by atoms with E-state index in [0.29, 0.717) is 22.3 Å².